The van der Waals surface area contributed by atoms with Crippen molar-refractivity contribution < 1.29 is 0 Å². The van der Waals surface area contributed by atoms with Gasteiger partial charge in [0, 0.05) is 0 Å². The lowest BCUT2D eigenvalue weighted by molar-refractivity contribution is 0.411. The molecule has 1 aromatic rings. The van der Waals surface area contributed by atoms with E-state index in [1.54, 1.807) is 11.3 Å². The first-order valence-electron chi connectivity index (χ1n) is 5.99. The molecule has 0 N–H and O–H groups in total. The van der Waals surface area contributed by atoms with E-state index in [0.29, 0.717) is 0 Å². The Kier molecular flexibility index (Phi) is 6.58. The fourth-order valence-corrected chi connectivity index (χ4v) is 3.44. The van der Waals surface area contributed by atoms with Gasteiger partial charge in [-0.15, -0.1) is 11.3 Å². The van der Waals surface area contributed by atoms with Crippen LogP contribution in [0.2, 0.25) is 0 Å². The fraction of sp³-hybridized carbons (Fsp3) is 0.692. The van der Waals surface area contributed by atoms with E-state index < -0.39 is 0 Å². The molecule has 0 aliphatic heterocycles. The molecule has 2 heteroatoms. The van der Waals surface area contributed by atoms with Crippen LogP contribution in [-0.4, -0.2) is 0 Å². The summed E-state index contributed by atoms with van der Waals surface area (Å²) in [7, 11) is 0. The molecule has 1 heterocycles. The second-order valence-electron chi connectivity index (χ2n) is 4.20. The van der Waals surface area contributed by atoms with Crippen LogP contribution >= 0.6 is 27.3 Å². The van der Waals surface area contributed by atoms with Crippen molar-refractivity contribution in [2.24, 2.45) is 5.92 Å². The number of thiophene rings is 1. The van der Waals surface area contributed by atoms with Gasteiger partial charge in [-0.3, -0.25) is 0 Å². The molecule has 0 nitrogen and oxygen atoms in total. The van der Waals surface area contributed by atoms with Crippen molar-refractivity contribution in [3.05, 3.63) is 20.8 Å². The van der Waals surface area contributed by atoms with Crippen molar-refractivity contribution in [3.8, 4) is 0 Å². The number of rotatable bonds is 7. The van der Waals surface area contributed by atoms with Gasteiger partial charge in [-0.2, -0.15) is 0 Å². The minimum absolute atomic E-state index is 0.937. The Morgan fingerprint density at radius 1 is 1.20 bits per heavy atom. The summed E-state index contributed by atoms with van der Waals surface area (Å²) in [6.45, 7) is 4.59. The molecule has 0 bridgehead atoms. The van der Waals surface area contributed by atoms with Crippen LogP contribution in [0.3, 0.4) is 0 Å². The average molecular weight is 289 g/mol. The Bertz CT molecular complexity index is 261. The summed E-state index contributed by atoms with van der Waals surface area (Å²) in [6, 6.07) is 2.25. The average Bonchev–Trinajstić information content (AvgIpc) is 2.61. The molecule has 0 fully saturated rings. The topological polar surface area (TPSA) is 0 Å². The SMILES string of the molecule is CCCC(CCC)CCc1ccsc1Br. The highest BCUT2D eigenvalue weighted by Crippen LogP contribution is 2.27. The summed E-state index contributed by atoms with van der Waals surface area (Å²) in [4.78, 5) is 0. The molecule has 0 radical (unpaired) electrons. The van der Waals surface area contributed by atoms with Gasteiger partial charge >= 0.3 is 0 Å². The molecule has 1 aromatic heterocycles. The number of hydrogen-bond donors (Lipinski definition) is 0. The maximum atomic E-state index is 3.61. The van der Waals surface area contributed by atoms with Gasteiger partial charge in [0.2, 0.25) is 0 Å². The molecule has 0 aliphatic rings. The third-order valence-electron chi connectivity index (χ3n) is 2.91. The van der Waals surface area contributed by atoms with Crippen LogP contribution in [0.4, 0.5) is 0 Å². The third kappa shape index (κ3) is 4.69. The van der Waals surface area contributed by atoms with E-state index in [2.05, 4.69) is 41.2 Å². The molecule has 0 spiro atoms. The highest BCUT2D eigenvalue weighted by molar-refractivity contribution is 9.11. The largest absolute Gasteiger partial charge is 0.137 e. The Morgan fingerprint density at radius 2 is 1.87 bits per heavy atom. The van der Waals surface area contributed by atoms with Gasteiger partial charge in [0.15, 0.2) is 0 Å². The van der Waals surface area contributed by atoms with Crippen molar-refractivity contribution in [2.75, 3.05) is 0 Å². The van der Waals surface area contributed by atoms with Gasteiger partial charge in [-0.1, -0.05) is 39.5 Å². The van der Waals surface area contributed by atoms with Crippen LogP contribution in [0, 0.1) is 5.92 Å². The lowest BCUT2D eigenvalue weighted by Crippen LogP contribution is -2.01. The van der Waals surface area contributed by atoms with Gasteiger partial charge < -0.3 is 0 Å². The van der Waals surface area contributed by atoms with E-state index >= 15 is 0 Å². The molecule has 0 saturated carbocycles. The zero-order valence-corrected chi connectivity index (χ0v) is 12.2. The third-order valence-corrected chi connectivity index (χ3v) is 4.72. The molecule has 1 rings (SSSR count). The fourth-order valence-electron chi connectivity index (χ4n) is 2.11. The van der Waals surface area contributed by atoms with Crippen LogP contribution in [0.25, 0.3) is 0 Å². The number of halogens is 1. The highest BCUT2D eigenvalue weighted by atomic mass is 79.9. The first-order valence-corrected chi connectivity index (χ1v) is 7.67. The smallest absolute Gasteiger partial charge is 0.0730 e. The van der Waals surface area contributed by atoms with Crippen molar-refractivity contribution in [1.29, 1.82) is 0 Å². The zero-order chi connectivity index (χ0) is 11.1. The van der Waals surface area contributed by atoms with Gasteiger partial charge in [0.25, 0.3) is 0 Å². The van der Waals surface area contributed by atoms with Crippen LogP contribution < -0.4 is 0 Å². The molecule has 0 aliphatic carbocycles. The van der Waals surface area contributed by atoms with E-state index in [4.69, 9.17) is 0 Å². The van der Waals surface area contributed by atoms with Gasteiger partial charge in [0.1, 0.15) is 0 Å². The Labute approximate surface area is 106 Å². The number of aryl methyl sites for hydroxylation is 1. The highest BCUT2D eigenvalue weighted by Gasteiger charge is 2.08. The summed E-state index contributed by atoms with van der Waals surface area (Å²) in [5.74, 6) is 0.937. The summed E-state index contributed by atoms with van der Waals surface area (Å²) in [5.41, 5.74) is 1.50. The lowest BCUT2D eigenvalue weighted by Gasteiger charge is -2.14. The Hall–Kier alpha value is 0.180. The summed E-state index contributed by atoms with van der Waals surface area (Å²) in [6.07, 6.45) is 8.06. The molecular formula is C13H21BrS. The molecule has 86 valence electrons. The van der Waals surface area contributed by atoms with Crippen molar-refractivity contribution in [3.63, 3.8) is 0 Å². The van der Waals surface area contributed by atoms with Crippen LogP contribution in [0.15, 0.2) is 15.2 Å². The molecule has 0 atom stereocenters. The second-order valence-corrected chi connectivity index (χ2v) is 6.44. The zero-order valence-electron chi connectivity index (χ0n) is 9.76. The number of hydrogen-bond acceptors (Lipinski definition) is 1. The molecular weight excluding hydrogens is 268 g/mol. The standard InChI is InChI=1S/C13H21BrS/c1-3-5-11(6-4-2)7-8-12-9-10-15-13(12)14/h9-11H,3-8H2,1-2H3. The quantitative estimate of drug-likeness (QED) is 0.607. The van der Waals surface area contributed by atoms with Crippen molar-refractivity contribution in [2.45, 2.75) is 52.4 Å². The summed E-state index contributed by atoms with van der Waals surface area (Å²) in [5, 5.41) is 2.17. The minimum atomic E-state index is 0.937. The Balaban J connectivity index is 2.36. The maximum Gasteiger partial charge on any atom is 0.0730 e. The predicted octanol–water partition coefficient (Wildman–Crippen LogP) is 5.66. The molecule has 0 saturated heterocycles. The van der Waals surface area contributed by atoms with Gasteiger partial charge in [-0.05, 0) is 51.7 Å². The normalized spacial score (nSPS) is 11.2. The molecule has 0 amide bonds. The van der Waals surface area contributed by atoms with Gasteiger partial charge in [0.05, 0.1) is 3.79 Å². The van der Waals surface area contributed by atoms with E-state index in [1.165, 1.54) is 47.9 Å². The first-order chi connectivity index (χ1) is 7.27. The minimum Gasteiger partial charge on any atom is -0.137 e. The van der Waals surface area contributed by atoms with Crippen molar-refractivity contribution >= 4 is 27.3 Å². The molecule has 0 unspecified atom stereocenters. The molecule has 0 aromatic carbocycles. The Morgan fingerprint density at radius 3 is 2.33 bits per heavy atom. The van der Waals surface area contributed by atoms with E-state index in [9.17, 15) is 0 Å². The monoisotopic (exact) mass is 288 g/mol. The van der Waals surface area contributed by atoms with Gasteiger partial charge in [-0.25, -0.2) is 0 Å². The lowest BCUT2D eigenvalue weighted by atomic mass is 9.92. The first kappa shape index (κ1) is 13.2. The van der Waals surface area contributed by atoms with Crippen LogP contribution in [0.1, 0.15) is 51.5 Å². The summed E-state index contributed by atoms with van der Waals surface area (Å²) < 4.78 is 1.33. The van der Waals surface area contributed by atoms with Crippen LogP contribution in [0.5, 0.6) is 0 Å². The van der Waals surface area contributed by atoms with E-state index in [1.807, 2.05) is 0 Å². The molecule has 15 heavy (non-hydrogen) atoms. The second kappa shape index (κ2) is 7.45. The van der Waals surface area contributed by atoms with Crippen molar-refractivity contribution in [1.82, 2.24) is 0 Å². The predicted molar refractivity (Wildman–Crippen MR) is 73.6 cm³/mol. The summed E-state index contributed by atoms with van der Waals surface area (Å²) >= 11 is 5.41. The van der Waals surface area contributed by atoms with E-state index in [0.717, 1.165) is 5.92 Å². The van der Waals surface area contributed by atoms with E-state index in [-0.39, 0.29) is 0 Å². The maximum absolute atomic E-state index is 3.61. The van der Waals surface area contributed by atoms with Crippen LogP contribution in [-0.2, 0) is 6.42 Å².